The van der Waals surface area contributed by atoms with E-state index in [1.54, 1.807) is 0 Å². The number of hydrogen-bond donors (Lipinski definition) is 0. The third kappa shape index (κ3) is 502. The first-order valence-corrected chi connectivity index (χ1v) is 3.29. The molecule has 0 saturated heterocycles. The van der Waals surface area contributed by atoms with Gasteiger partial charge in [-0.1, -0.05) is 9.13 Å². The molecule has 0 aromatic rings. The quantitative estimate of drug-likeness (QED) is 0.321. The maximum atomic E-state index is 8.48. The van der Waals surface area contributed by atoms with Crippen molar-refractivity contribution in [1.82, 2.24) is 0 Å². The molecule has 0 aliphatic heterocycles. The zero-order valence-electron chi connectivity index (χ0n) is 3.79. The molecule has 9 heteroatoms. The molecule has 0 aromatic carbocycles. The number of hydrogen-bond acceptors (Lipinski definition) is 6. The summed E-state index contributed by atoms with van der Waals surface area (Å²) in [5.74, 6) is 0. The van der Waals surface area contributed by atoms with E-state index in [0.29, 0.717) is 0 Å². The average molecular weight is 367 g/mol. The third-order valence-corrected chi connectivity index (χ3v) is 0. The zero-order valence-corrected chi connectivity index (χ0v) is 9.06. The molecule has 0 atom stereocenters. The van der Waals surface area contributed by atoms with E-state index in [1.807, 2.05) is 0 Å². The van der Waals surface area contributed by atoms with Crippen LogP contribution in [0.5, 0.6) is 0 Å². The predicted molar refractivity (Wildman–Crippen MR) is 21.0 cm³/mol. The molecule has 53 valence electrons. The van der Waals surface area contributed by atoms with Gasteiger partial charge >= 0.3 is 0 Å². The molecule has 0 aliphatic rings. The standard InChI is InChI=1S/Bi.2HO3P/c;2*1-4(2)3/h;2*(H,1,2,3)/p-2. The van der Waals surface area contributed by atoms with Crippen LogP contribution >= 0.6 is 16.5 Å². The topological polar surface area (TPSA) is 126 Å². The van der Waals surface area contributed by atoms with Gasteiger partial charge in [0.15, 0.2) is 0 Å². The van der Waals surface area contributed by atoms with Crippen LogP contribution in [0.1, 0.15) is 0 Å². The Morgan fingerprint density at radius 3 is 0.778 bits per heavy atom. The molecule has 0 aliphatic carbocycles. The fourth-order valence-electron chi connectivity index (χ4n) is 0. The van der Waals surface area contributed by atoms with Crippen molar-refractivity contribution in [3.63, 3.8) is 0 Å². The Kier molecular flexibility index (Phi) is 21.4. The van der Waals surface area contributed by atoms with Gasteiger partial charge in [0.25, 0.3) is 16.5 Å². The summed E-state index contributed by atoms with van der Waals surface area (Å²) in [7, 11) is -6.74. The van der Waals surface area contributed by atoms with E-state index in [9.17, 15) is 0 Å². The van der Waals surface area contributed by atoms with Crippen LogP contribution in [0.2, 0.25) is 0 Å². The van der Waals surface area contributed by atoms with Crippen molar-refractivity contribution in [2.24, 2.45) is 0 Å². The second-order valence-corrected chi connectivity index (χ2v) is 1.34. The summed E-state index contributed by atoms with van der Waals surface area (Å²) in [6, 6.07) is 0. The summed E-state index contributed by atoms with van der Waals surface area (Å²) in [5.41, 5.74) is 0. The fraction of sp³-hybridized carbons (Fsp3) is 0. The SMILES string of the molecule is O=[P+]([O-])[O-].O=[P+]([O-])[O-].[Bi]. The van der Waals surface area contributed by atoms with Gasteiger partial charge in [0.2, 0.25) is 0 Å². The van der Waals surface area contributed by atoms with E-state index in [2.05, 4.69) is 0 Å². The Balaban J connectivity index is -0.0000000720. The molecule has 9 heavy (non-hydrogen) atoms. The van der Waals surface area contributed by atoms with Crippen LogP contribution in [0.15, 0.2) is 0 Å². The normalized spacial score (nSPS) is 5.78. The Labute approximate surface area is 71.6 Å². The fourth-order valence-corrected chi connectivity index (χ4v) is 0. The summed E-state index contributed by atoms with van der Waals surface area (Å²) >= 11 is 0. The van der Waals surface area contributed by atoms with Gasteiger partial charge in [0.1, 0.15) is 0 Å². The molecule has 0 saturated carbocycles. The second-order valence-electron chi connectivity index (χ2n) is 0.447. The van der Waals surface area contributed by atoms with Crippen LogP contribution in [0.4, 0.5) is 0 Å². The molecule has 0 bridgehead atoms. The van der Waals surface area contributed by atoms with Gasteiger partial charge in [-0.2, -0.15) is 0 Å². The summed E-state index contributed by atoms with van der Waals surface area (Å²) in [6.07, 6.45) is 0. The molecule has 0 N–H and O–H groups in total. The van der Waals surface area contributed by atoms with E-state index < -0.39 is 16.5 Å². The first-order valence-electron chi connectivity index (χ1n) is 1.10. The first kappa shape index (κ1) is 16.5. The minimum atomic E-state index is -3.37. The maximum absolute atomic E-state index is 8.48. The van der Waals surface area contributed by atoms with Crippen molar-refractivity contribution in [3.05, 3.63) is 0 Å². The average Bonchev–Trinajstić information content (AvgIpc) is 1.25. The van der Waals surface area contributed by atoms with E-state index >= 15 is 0 Å². The Morgan fingerprint density at radius 1 is 0.778 bits per heavy atom. The van der Waals surface area contributed by atoms with Crippen molar-refractivity contribution in [1.29, 1.82) is 0 Å². The predicted octanol–water partition coefficient (Wildman–Crippen LogP) is -3.65. The number of rotatable bonds is 0. The molecule has 3 radical (unpaired) electrons. The van der Waals surface area contributed by atoms with Gasteiger partial charge in [0, 0.05) is 26.2 Å². The molecule has 0 fully saturated rings. The summed E-state index contributed by atoms with van der Waals surface area (Å²) in [4.78, 5) is 33.9. The molecular weight excluding hydrogens is 367 g/mol. The van der Waals surface area contributed by atoms with Crippen LogP contribution in [0.25, 0.3) is 0 Å². The van der Waals surface area contributed by atoms with Crippen LogP contribution in [-0.2, 0) is 9.13 Å². The Hall–Kier alpha value is 0.923. The first-order chi connectivity index (χ1) is 3.46. The second kappa shape index (κ2) is 11.7. The van der Waals surface area contributed by atoms with Gasteiger partial charge in [-0.05, 0) is 0 Å². The van der Waals surface area contributed by atoms with Gasteiger partial charge in [-0.25, -0.2) is 0 Å². The van der Waals surface area contributed by atoms with E-state index in [-0.39, 0.29) is 26.2 Å². The molecule has 0 spiro atoms. The Bertz CT molecular complexity index is 69.1. The molecule has 0 unspecified atom stereocenters. The molecule has 0 aromatic heterocycles. The van der Waals surface area contributed by atoms with Gasteiger partial charge in [-0.3, -0.25) is 0 Å². The summed E-state index contributed by atoms with van der Waals surface area (Å²) in [5, 5.41) is 0. The molecule has 0 rings (SSSR count). The molecule has 0 heterocycles. The summed E-state index contributed by atoms with van der Waals surface area (Å²) in [6.45, 7) is 0. The van der Waals surface area contributed by atoms with Crippen molar-refractivity contribution < 1.29 is 28.7 Å². The van der Waals surface area contributed by atoms with Crippen LogP contribution in [-0.4, -0.2) is 26.2 Å². The Morgan fingerprint density at radius 2 is 0.778 bits per heavy atom. The van der Waals surface area contributed by atoms with Crippen LogP contribution in [0.3, 0.4) is 0 Å². The van der Waals surface area contributed by atoms with Crippen molar-refractivity contribution in [2.75, 3.05) is 0 Å². The van der Waals surface area contributed by atoms with Gasteiger partial charge < -0.3 is 19.6 Å². The smallest absolute Gasteiger partial charge is 0.276 e. The maximum Gasteiger partial charge on any atom is 0.276 e. The molecule has 6 nitrogen and oxygen atoms in total. The minimum absolute atomic E-state index is 0. The van der Waals surface area contributed by atoms with Crippen molar-refractivity contribution in [3.8, 4) is 0 Å². The van der Waals surface area contributed by atoms with Crippen LogP contribution < -0.4 is 19.6 Å². The molecule has 0 amide bonds. The zero-order chi connectivity index (χ0) is 7.15. The molecular formula is BiO6P2-2. The third-order valence-electron chi connectivity index (χ3n) is 0. The monoisotopic (exact) mass is 367 g/mol. The van der Waals surface area contributed by atoms with Crippen molar-refractivity contribution in [2.45, 2.75) is 0 Å². The van der Waals surface area contributed by atoms with Gasteiger partial charge in [0.05, 0.1) is 0 Å². The van der Waals surface area contributed by atoms with Crippen LogP contribution in [0, 0.1) is 0 Å². The van der Waals surface area contributed by atoms with E-state index in [4.69, 9.17) is 28.7 Å². The van der Waals surface area contributed by atoms with E-state index in [1.165, 1.54) is 0 Å². The van der Waals surface area contributed by atoms with Gasteiger partial charge in [-0.15, -0.1) is 0 Å². The minimum Gasteiger partial charge on any atom is -0.598 e. The van der Waals surface area contributed by atoms with E-state index in [0.717, 1.165) is 0 Å². The van der Waals surface area contributed by atoms with Crippen molar-refractivity contribution >= 4 is 42.7 Å². The summed E-state index contributed by atoms with van der Waals surface area (Å²) < 4.78 is 17.0. The largest absolute Gasteiger partial charge is 0.598 e.